The van der Waals surface area contributed by atoms with Gasteiger partial charge < -0.3 is 4.40 Å². The van der Waals surface area contributed by atoms with Crippen LogP contribution in [-0.4, -0.2) is 9.38 Å². The Labute approximate surface area is 141 Å². The lowest BCUT2D eigenvalue weighted by Crippen LogP contribution is -2.33. The minimum atomic E-state index is -0.0143. The molecule has 2 unspecified atom stereocenters. The van der Waals surface area contributed by atoms with E-state index >= 15 is 0 Å². The topological polar surface area (TPSA) is 34.4 Å². The van der Waals surface area contributed by atoms with Crippen LogP contribution in [0.2, 0.25) is 0 Å². The van der Waals surface area contributed by atoms with Crippen molar-refractivity contribution >= 4 is 16.4 Å². The van der Waals surface area contributed by atoms with Crippen LogP contribution in [0.5, 0.6) is 0 Å². The first-order valence-electron chi connectivity index (χ1n) is 8.81. The lowest BCUT2D eigenvalue weighted by molar-refractivity contribution is 0.226. The molecular formula is C21H22N2O. The zero-order valence-corrected chi connectivity index (χ0v) is 14.7. The molecule has 1 saturated carbocycles. The minimum absolute atomic E-state index is 0.0143. The van der Waals surface area contributed by atoms with Crippen molar-refractivity contribution in [3.05, 3.63) is 57.6 Å². The Morgan fingerprint density at radius 1 is 1.21 bits per heavy atom. The highest BCUT2D eigenvalue weighted by Crippen LogP contribution is 2.66. The number of aromatic nitrogens is 2. The van der Waals surface area contributed by atoms with Gasteiger partial charge in [-0.25, -0.2) is 0 Å². The largest absolute Gasteiger partial charge is 0.304 e. The summed E-state index contributed by atoms with van der Waals surface area (Å²) in [6.45, 7) is 9.07. The normalized spacial score (nSPS) is 27.1. The summed E-state index contributed by atoms with van der Waals surface area (Å²) in [7, 11) is 0. The number of benzene rings is 1. The van der Waals surface area contributed by atoms with Crippen LogP contribution in [0.3, 0.4) is 0 Å². The first-order chi connectivity index (χ1) is 11.3. The van der Waals surface area contributed by atoms with Crippen molar-refractivity contribution < 1.29 is 0 Å². The predicted octanol–water partition coefficient (Wildman–Crippen LogP) is 4.33. The second-order valence-corrected chi connectivity index (χ2v) is 8.42. The van der Waals surface area contributed by atoms with Crippen molar-refractivity contribution in [3.8, 4) is 0 Å². The van der Waals surface area contributed by atoms with Crippen LogP contribution in [0.4, 0.5) is 0 Å². The maximum atomic E-state index is 12.9. The molecule has 3 aromatic rings. The second-order valence-electron chi connectivity index (χ2n) is 8.42. The zero-order chi connectivity index (χ0) is 16.9. The van der Waals surface area contributed by atoms with E-state index in [1.54, 1.807) is 0 Å². The fourth-order valence-corrected chi connectivity index (χ4v) is 5.37. The monoisotopic (exact) mass is 318 g/mol. The van der Waals surface area contributed by atoms with E-state index in [1.807, 2.05) is 0 Å². The van der Waals surface area contributed by atoms with Crippen LogP contribution in [0.15, 0.2) is 35.3 Å². The highest BCUT2D eigenvalue weighted by atomic mass is 16.1. The summed E-state index contributed by atoms with van der Waals surface area (Å²) in [6, 6.07) is 8.51. The lowest BCUT2D eigenvalue weighted by Gasteiger charge is -2.35. The van der Waals surface area contributed by atoms with Crippen LogP contribution in [0.1, 0.15) is 56.4 Å². The molecule has 2 bridgehead atoms. The summed E-state index contributed by atoms with van der Waals surface area (Å²) < 4.78 is 2.20. The van der Waals surface area contributed by atoms with Gasteiger partial charge in [-0.2, -0.15) is 4.98 Å². The first-order valence-corrected chi connectivity index (χ1v) is 8.81. The zero-order valence-electron chi connectivity index (χ0n) is 14.7. The van der Waals surface area contributed by atoms with E-state index in [2.05, 4.69) is 67.5 Å². The van der Waals surface area contributed by atoms with Crippen LogP contribution < -0.4 is 5.56 Å². The quantitative estimate of drug-likeness (QED) is 0.578. The Hall–Kier alpha value is -2.16. The van der Waals surface area contributed by atoms with Gasteiger partial charge in [0.1, 0.15) is 5.65 Å². The molecule has 0 radical (unpaired) electrons. The molecule has 2 aliphatic rings. The molecule has 0 saturated heterocycles. The van der Waals surface area contributed by atoms with E-state index in [0.29, 0.717) is 5.92 Å². The van der Waals surface area contributed by atoms with Crippen molar-refractivity contribution in [1.82, 2.24) is 9.38 Å². The smallest absolute Gasteiger partial charge is 0.277 e. The molecule has 0 aliphatic heterocycles. The molecule has 1 aromatic carbocycles. The molecular weight excluding hydrogens is 296 g/mol. The van der Waals surface area contributed by atoms with Crippen molar-refractivity contribution in [2.24, 2.45) is 5.41 Å². The summed E-state index contributed by atoms with van der Waals surface area (Å²) in [5.41, 5.74) is 4.35. The third-order valence-electron chi connectivity index (χ3n) is 7.11. The average Bonchev–Trinajstić information content (AvgIpc) is 2.86. The number of aryl methyl sites for hydroxylation is 1. The molecule has 0 amide bonds. The molecule has 1 fully saturated rings. The van der Waals surface area contributed by atoms with Crippen molar-refractivity contribution in [3.63, 3.8) is 0 Å². The minimum Gasteiger partial charge on any atom is -0.304 e. The third kappa shape index (κ3) is 1.40. The fraction of sp³-hybridized carbons (Fsp3) is 0.429. The van der Waals surface area contributed by atoms with Crippen molar-refractivity contribution in [2.45, 2.75) is 51.9 Å². The molecule has 5 rings (SSSR count). The molecule has 122 valence electrons. The molecule has 2 heterocycles. The highest BCUT2D eigenvalue weighted by molar-refractivity contribution is 5.94. The van der Waals surface area contributed by atoms with Gasteiger partial charge in [-0.15, -0.1) is 0 Å². The van der Waals surface area contributed by atoms with Gasteiger partial charge >= 0.3 is 0 Å². The van der Waals surface area contributed by atoms with Gasteiger partial charge in [-0.3, -0.25) is 4.79 Å². The summed E-state index contributed by atoms with van der Waals surface area (Å²) >= 11 is 0. The first kappa shape index (κ1) is 14.2. The maximum absolute atomic E-state index is 12.9. The molecule has 2 atom stereocenters. The van der Waals surface area contributed by atoms with Gasteiger partial charge in [0.05, 0.1) is 0 Å². The number of nitrogens with zero attached hydrogens (tertiary/aromatic N) is 2. The van der Waals surface area contributed by atoms with Gasteiger partial charge in [0.2, 0.25) is 0 Å². The Morgan fingerprint density at radius 2 is 2.00 bits per heavy atom. The van der Waals surface area contributed by atoms with E-state index in [0.717, 1.165) is 34.8 Å². The van der Waals surface area contributed by atoms with E-state index in [4.69, 9.17) is 0 Å². The van der Waals surface area contributed by atoms with E-state index in [1.165, 1.54) is 11.3 Å². The van der Waals surface area contributed by atoms with E-state index in [9.17, 15) is 4.79 Å². The van der Waals surface area contributed by atoms with Crippen LogP contribution in [0, 0.1) is 12.3 Å². The van der Waals surface area contributed by atoms with E-state index in [-0.39, 0.29) is 16.4 Å². The maximum Gasteiger partial charge on any atom is 0.277 e. The van der Waals surface area contributed by atoms with Gasteiger partial charge in [0.15, 0.2) is 0 Å². The molecule has 24 heavy (non-hydrogen) atoms. The Balaban J connectivity index is 1.99. The number of hydrogen-bond donors (Lipinski definition) is 0. The van der Waals surface area contributed by atoms with Crippen LogP contribution in [0.25, 0.3) is 16.4 Å². The summed E-state index contributed by atoms with van der Waals surface area (Å²) in [5, 5.41) is 2.21. The molecule has 0 spiro atoms. The molecule has 2 aliphatic carbocycles. The third-order valence-corrected chi connectivity index (χ3v) is 7.11. The molecule has 3 heteroatoms. The van der Waals surface area contributed by atoms with Crippen molar-refractivity contribution in [2.75, 3.05) is 0 Å². The van der Waals surface area contributed by atoms with Gasteiger partial charge in [-0.1, -0.05) is 44.5 Å². The summed E-state index contributed by atoms with van der Waals surface area (Å²) in [4.78, 5) is 17.5. The Bertz CT molecular complexity index is 1090. The van der Waals surface area contributed by atoms with Crippen molar-refractivity contribution in [1.29, 1.82) is 0 Å². The number of hydrogen-bond acceptors (Lipinski definition) is 2. The van der Waals surface area contributed by atoms with Gasteiger partial charge in [-0.05, 0) is 42.6 Å². The summed E-state index contributed by atoms with van der Waals surface area (Å²) in [5.74, 6) is 0.336. The second kappa shape index (κ2) is 4.08. The van der Waals surface area contributed by atoms with Crippen LogP contribution in [-0.2, 0) is 5.41 Å². The van der Waals surface area contributed by atoms with Gasteiger partial charge in [0.25, 0.3) is 5.56 Å². The van der Waals surface area contributed by atoms with Gasteiger partial charge in [0, 0.05) is 28.3 Å². The summed E-state index contributed by atoms with van der Waals surface area (Å²) in [6.07, 6.45) is 4.37. The molecule has 0 N–H and O–H groups in total. The predicted molar refractivity (Wildman–Crippen MR) is 96.8 cm³/mol. The molecule has 3 nitrogen and oxygen atoms in total. The Morgan fingerprint density at radius 3 is 2.79 bits per heavy atom. The van der Waals surface area contributed by atoms with E-state index < -0.39 is 0 Å². The SMILES string of the molecule is Cc1ccc2c(ccn3c4c(c(=O)nc23)C2CCC4(C)C2(C)C)c1. The lowest BCUT2D eigenvalue weighted by atomic mass is 9.70. The molecule has 2 aromatic heterocycles. The van der Waals surface area contributed by atoms with Crippen LogP contribution >= 0.6 is 0 Å². The number of pyridine rings is 1. The fourth-order valence-electron chi connectivity index (χ4n) is 5.37. The standard InChI is InChI=1S/C21H22N2O/c1-12-5-6-14-13(11-12)8-10-23-17-16(19(24)22-18(14)23)15-7-9-21(17,4)20(15,2)3/h5-6,8,10-11,15H,7,9H2,1-4H3. The average molecular weight is 318 g/mol. The highest BCUT2D eigenvalue weighted by Gasteiger charge is 2.61. The number of fused-ring (bicyclic) bond motifs is 9. The Kier molecular flexibility index (Phi) is 2.41. The number of rotatable bonds is 0.